The van der Waals surface area contributed by atoms with Crippen molar-refractivity contribution >= 4 is 28.4 Å². The maximum absolute atomic E-state index is 11.8. The Bertz CT molecular complexity index is 1450. The van der Waals surface area contributed by atoms with E-state index >= 15 is 0 Å². The van der Waals surface area contributed by atoms with Crippen molar-refractivity contribution in [3.05, 3.63) is 72.8 Å². The fourth-order valence-corrected chi connectivity index (χ4v) is 5.09. The first-order chi connectivity index (χ1) is 18.0. The first-order valence-electron chi connectivity index (χ1n) is 12.3. The number of nitrogen functional groups attached to an aromatic ring is 1. The number of hydrogen-bond acceptors (Lipinski definition) is 7. The van der Waals surface area contributed by atoms with E-state index in [4.69, 9.17) is 10.5 Å². The number of hydrogen-bond donors (Lipinski definition) is 2. The Kier molecular flexibility index (Phi) is 6.87. The molecule has 1 aromatic carbocycles. The van der Waals surface area contributed by atoms with Crippen molar-refractivity contribution in [3.63, 3.8) is 0 Å². The minimum atomic E-state index is -0.278. The Balaban J connectivity index is 1.48. The van der Waals surface area contributed by atoms with Crippen molar-refractivity contribution in [1.82, 2.24) is 24.4 Å². The average molecular weight is 498 g/mol. The quantitative estimate of drug-likeness (QED) is 0.365. The molecule has 3 aromatic heterocycles. The second kappa shape index (κ2) is 10.4. The number of piperidine rings is 1. The summed E-state index contributed by atoms with van der Waals surface area (Å²) in [5, 5.41) is 2.79. The lowest BCUT2D eigenvalue weighted by Gasteiger charge is -2.34. The van der Waals surface area contributed by atoms with Gasteiger partial charge < -0.3 is 20.4 Å². The predicted octanol–water partition coefficient (Wildman–Crippen LogP) is 4.35. The Morgan fingerprint density at radius 1 is 1.22 bits per heavy atom. The van der Waals surface area contributed by atoms with Crippen molar-refractivity contribution in [2.24, 2.45) is 0 Å². The van der Waals surface area contributed by atoms with Crippen LogP contribution in [0.5, 0.6) is 5.75 Å². The monoisotopic (exact) mass is 497 g/mol. The number of benzene rings is 1. The van der Waals surface area contributed by atoms with E-state index in [1.807, 2.05) is 37.3 Å². The molecule has 0 atom stereocenters. The van der Waals surface area contributed by atoms with E-state index in [-0.39, 0.29) is 11.9 Å². The number of methoxy groups -OCH3 is 1. The number of nitrogens with one attached hydrogen (secondary N) is 1. The van der Waals surface area contributed by atoms with Gasteiger partial charge in [0.15, 0.2) is 5.82 Å². The molecule has 0 aliphatic carbocycles. The number of nitrogens with two attached hydrogens (primary N) is 1. The molecule has 1 fully saturated rings. The fourth-order valence-electron chi connectivity index (χ4n) is 5.09. The molecule has 9 heteroatoms. The number of anilines is 2. The van der Waals surface area contributed by atoms with Crippen LogP contribution >= 0.6 is 0 Å². The number of amides is 1. The maximum atomic E-state index is 11.8. The average Bonchev–Trinajstić information content (AvgIpc) is 3.29. The number of ether oxygens (including phenoxy) is 1. The minimum absolute atomic E-state index is 0.215. The number of aromatic nitrogens is 4. The van der Waals surface area contributed by atoms with E-state index < -0.39 is 0 Å². The highest BCUT2D eigenvalue weighted by Crippen LogP contribution is 2.40. The summed E-state index contributed by atoms with van der Waals surface area (Å²) in [6.45, 7) is 8.26. The molecule has 0 spiro atoms. The number of nitrogens with zero attached hydrogens (tertiary/aromatic N) is 5. The number of rotatable bonds is 7. The number of pyridine rings is 1. The standard InChI is InChI=1S/C28H31N7O2/c1-4-26(36)33-19-8-9-22(25(14-19)37-3)24-15-23-27(28(29)31-17-30-23)35(24)21-10-12-34(13-11-21)16-20-7-5-6-18(2)32-20/h4-9,14-15,17,21H,1,10-13,16H2,2-3H3,(H,33,36)(H2,29,30,31). The lowest BCUT2D eigenvalue weighted by atomic mass is 10.0. The normalized spacial score (nSPS) is 14.5. The zero-order valence-electron chi connectivity index (χ0n) is 21.1. The summed E-state index contributed by atoms with van der Waals surface area (Å²) < 4.78 is 8.01. The van der Waals surface area contributed by atoms with Gasteiger partial charge in [-0.25, -0.2) is 9.97 Å². The molecule has 1 amide bonds. The Morgan fingerprint density at radius 2 is 2.03 bits per heavy atom. The third kappa shape index (κ3) is 5.03. The maximum Gasteiger partial charge on any atom is 0.247 e. The molecular weight excluding hydrogens is 466 g/mol. The molecule has 4 heterocycles. The van der Waals surface area contributed by atoms with E-state index in [9.17, 15) is 4.79 Å². The first-order valence-corrected chi connectivity index (χ1v) is 12.3. The van der Waals surface area contributed by atoms with Crippen LogP contribution < -0.4 is 15.8 Å². The van der Waals surface area contributed by atoms with Crippen LogP contribution in [0.25, 0.3) is 22.3 Å². The van der Waals surface area contributed by atoms with Gasteiger partial charge >= 0.3 is 0 Å². The fraction of sp³-hybridized carbons (Fsp3) is 0.286. The highest BCUT2D eigenvalue weighted by molar-refractivity contribution is 5.99. The molecule has 9 nitrogen and oxygen atoms in total. The van der Waals surface area contributed by atoms with Crippen molar-refractivity contribution in [2.75, 3.05) is 31.2 Å². The van der Waals surface area contributed by atoms with Crippen LogP contribution in [-0.4, -0.2) is 50.5 Å². The van der Waals surface area contributed by atoms with Gasteiger partial charge in [0.1, 0.15) is 17.6 Å². The zero-order chi connectivity index (χ0) is 25.9. The summed E-state index contributed by atoms with van der Waals surface area (Å²) in [4.78, 5) is 27.7. The molecule has 1 saturated heterocycles. The molecule has 0 radical (unpaired) electrons. The second-order valence-corrected chi connectivity index (χ2v) is 9.28. The number of fused-ring (bicyclic) bond motifs is 1. The summed E-state index contributed by atoms with van der Waals surface area (Å²) in [6.07, 6.45) is 4.63. The van der Waals surface area contributed by atoms with Gasteiger partial charge in [0.05, 0.1) is 24.0 Å². The topological polar surface area (TPSA) is 111 Å². The molecule has 1 aliphatic rings. The van der Waals surface area contributed by atoms with Gasteiger partial charge in [0.25, 0.3) is 0 Å². The SMILES string of the molecule is C=CC(=O)Nc1ccc(-c2cc3ncnc(N)c3n2C2CCN(Cc3cccc(C)n3)CC2)c(OC)c1. The molecule has 0 bridgehead atoms. The molecule has 37 heavy (non-hydrogen) atoms. The zero-order valence-corrected chi connectivity index (χ0v) is 21.1. The van der Waals surface area contributed by atoms with E-state index in [0.717, 1.165) is 66.2 Å². The molecule has 3 N–H and O–H groups in total. The van der Waals surface area contributed by atoms with Crippen molar-refractivity contribution < 1.29 is 9.53 Å². The minimum Gasteiger partial charge on any atom is -0.496 e. The predicted molar refractivity (Wildman–Crippen MR) is 145 cm³/mol. The van der Waals surface area contributed by atoms with E-state index in [0.29, 0.717) is 17.3 Å². The highest BCUT2D eigenvalue weighted by atomic mass is 16.5. The summed E-state index contributed by atoms with van der Waals surface area (Å²) in [6, 6.07) is 14.0. The van der Waals surface area contributed by atoms with Crippen LogP contribution in [0.4, 0.5) is 11.5 Å². The summed E-state index contributed by atoms with van der Waals surface area (Å²) >= 11 is 0. The van der Waals surface area contributed by atoms with Crippen LogP contribution in [0.15, 0.2) is 61.4 Å². The summed E-state index contributed by atoms with van der Waals surface area (Å²) in [5.41, 5.74) is 12.6. The molecule has 4 aromatic rings. The van der Waals surface area contributed by atoms with Gasteiger partial charge in [-0.2, -0.15) is 0 Å². The Morgan fingerprint density at radius 3 is 2.76 bits per heavy atom. The number of carbonyl (C=O) groups excluding carboxylic acids is 1. The smallest absolute Gasteiger partial charge is 0.247 e. The molecule has 1 aliphatic heterocycles. The van der Waals surface area contributed by atoms with Gasteiger partial charge in [-0.3, -0.25) is 14.7 Å². The third-order valence-corrected chi connectivity index (χ3v) is 6.84. The second-order valence-electron chi connectivity index (χ2n) is 9.28. The largest absolute Gasteiger partial charge is 0.496 e. The van der Waals surface area contributed by atoms with E-state index in [2.05, 4.69) is 48.4 Å². The van der Waals surface area contributed by atoms with Gasteiger partial charge in [-0.15, -0.1) is 0 Å². The van der Waals surface area contributed by atoms with Crippen LogP contribution in [0.2, 0.25) is 0 Å². The third-order valence-electron chi connectivity index (χ3n) is 6.84. The Hall–Kier alpha value is -4.24. The van der Waals surface area contributed by atoms with E-state index in [1.165, 1.54) is 12.4 Å². The lowest BCUT2D eigenvalue weighted by molar-refractivity contribution is -0.111. The van der Waals surface area contributed by atoms with Gasteiger partial charge in [0, 0.05) is 48.7 Å². The molecule has 0 unspecified atom stereocenters. The summed E-state index contributed by atoms with van der Waals surface area (Å²) in [5.74, 6) is 0.816. The van der Waals surface area contributed by atoms with Crippen LogP contribution in [0.1, 0.15) is 30.3 Å². The molecular formula is C28H31N7O2. The number of likely N-dealkylation sites (tertiary alicyclic amines) is 1. The number of carbonyl (C=O) groups is 1. The van der Waals surface area contributed by atoms with Crippen LogP contribution in [0.3, 0.4) is 0 Å². The van der Waals surface area contributed by atoms with Crippen molar-refractivity contribution in [1.29, 1.82) is 0 Å². The number of aryl methyl sites for hydroxylation is 1. The molecule has 5 rings (SSSR count). The molecule has 0 saturated carbocycles. The van der Waals surface area contributed by atoms with Gasteiger partial charge in [-0.05, 0) is 56.2 Å². The molecule has 190 valence electrons. The van der Waals surface area contributed by atoms with Gasteiger partial charge in [-0.1, -0.05) is 12.6 Å². The van der Waals surface area contributed by atoms with Crippen molar-refractivity contribution in [2.45, 2.75) is 32.4 Å². The summed E-state index contributed by atoms with van der Waals surface area (Å²) in [7, 11) is 1.62. The first kappa shape index (κ1) is 24.5. The van der Waals surface area contributed by atoms with Crippen LogP contribution in [-0.2, 0) is 11.3 Å². The van der Waals surface area contributed by atoms with E-state index in [1.54, 1.807) is 7.11 Å². The lowest BCUT2D eigenvalue weighted by Crippen LogP contribution is -2.34. The van der Waals surface area contributed by atoms with Crippen LogP contribution in [0, 0.1) is 6.92 Å². The van der Waals surface area contributed by atoms with Crippen molar-refractivity contribution in [3.8, 4) is 17.0 Å². The van der Waals surface area contributed by atoms with Gasteiger partial charge in [0.2, 0.25) is 5.91 Å². The highest BCUT2D eigenvalue weighted by Gasteiger charge is 2.27. The Labute approximate surface area is 216 Å².